The second kappa shape index (κ2) is 6.71. The molecule has 0 fully saturated rings. The normalized spacial score (nSPS) is 14.3. The summed E-state index contributed by atoms with van der Waals surface area (Å²) in [4.78, 5) is 12.0. The first kappa shape index (κ1) is 15.7. The molecule has 3 nitrogen and oxygen atoms in total. The highest BCUT2D eigenvalue weighted by atomic mass is 16.5. The standard InChI is InChI=1S/C16H24O3/c1-6-19-16(18)14(10(2)3)15(17)13-8-11(4)7-12(5)9-13/h7-10,14-15,17H,6H2,1-5H3. The van der Waals surface area contributed by atoms with Gasteiger partial charge in [0.15, 0.2) is 0 Å². The zero-order valence-electron chi connectivity index (χ0n) is 12.4. The molecule has 1 aromatic carbocycles. The summed E-state index contributed by atoms with van der Waals surface area (Å²) in [5.74, 6) is -0.833. The van der Waals surface area contributed by atoms with Gasteiger partial charge in [-0.2, -0.15) is 0 Å². The maximum absolute atomic E-state index is 12.0. The largest absolute Gasteiger partial charge is 0.466 e. The van der Waals surface area contributed by atoms with Crippen LogP contribution < -0.4 is 0 Å². The lowest BCUT2D eigenvalue weighted by Gasteiger charge is -2.25. The molecule has 1 N–H and O–H groups in total. The average molecular weight is 264 g/mol. The number of hydrogen-bond donors (Lipinski definition) is 1. The third kappa shape index (κ3) is 4.06. The second-order valence-electron chi connectivity index (χ2n) is 5.39. The minimum Gasteiger partial charge on any atom is -0.466 e. The summed E-state index contributed by atoms with van der Waals surface area (Å²) in [6, 6.07) is 5.89. The van der Waals surface area contributed by atoms with E-state index in [2.05, 4.69) is 0 Å². The summed E-state index contributed by atoms with van der Waals surface area (Å²) in [6.07, 6.45) is -0.822. The number of aliphatic hydroxyl groups is 1. The van der Waals surface area contributed by atoms with E-state index in [0.29, 0.717) is 6.61 Å². The van der Waals surface area contributed by atoms with Crippen molar-refractivity contribution in [2.24, 2.45) is 11.8 Å². The van der Waals surface area contributed by atoms with E-state index < -0.39 is 12.0 Å². The molecule has 0 aromatic heterocycles. The Morgan fingerprint density at radius 1 is 1.21 bits per heavy atom. The van der Waals surface area contributed by atoms with Crippen LogP contribution in [0.1, 0.15) is 43.6 Å². The lowest BCUT2D eigenvalue weighted by atomic mass is 9.85. The third-order valence-corrected chi connectivity index (χ3v) is 3.20. The number of hydrogen-bond acceptors (Lipinski definition) is 3. The fourth-order valence-electron chi connectivity index (χ4n) is 2.39. The Labute approximate surface area is 115 Å². The van der Waals surface area contributed by atoms with Gasteiger partial charge in [0.2, 0.25) is 0 Å². The number of ether oxygens (including phenoxy) is 1. The Hall–Kier alpha value is -1.35. The van der Waals surface area contributed by atoms with E-state index in [-0.39, 0.29) is 11.9 Å². The Balaban J connectivity index is 3.05. The van der Waals surface area contributed by atoms with Crippen molar-refractivity contribution < 1.29 is 14.6 Å². The van der Waals surface area contributed by atoms with Crippen LogP contribution >= 0.6 is 0 Å². The minimum absolute atomic E-state index is 0.0230. The molecule has 106 valence electrons. The van der Waals surface area contributed by atoms with Crippen molar-refractivity contribution in [3.05, 3.63) is 34.9 Å². The van der Waals surface area contributed by atoms with Crippen LogP contribution in [0.4, 0.5) is 0 Å². The molecule has 19 heavy (non-hydrogen) atoms. The molecule has 0 amide bonds. The fourth-order valence-corrected chi connectivity index (χ4v) is 2.39. The van der Waals surface area contributed by atoms with Crippen molar-refractivity contribution in [2.45, 2.75) is 40.7 Å². The number of aryl methyl sites for hydroxylation is 2. The molecule has 0 bridgehead atoms. The highest BCUT2D eigenvalue weighted by molar-refractivity contribution is 5.73. The average Bonchev–Trinajstić information content (AvgIpc) is 2.27. The molecule has 2 unspecified atom stereocenters. The molecule has 0 heterocycles. The lowest BCUT2D eigenvalue weighted by Crippen LogP contribution is -2.29. The quantitative estimate of drug-likeness (QED) is 0.831. The monoisotopic (exact) mass is 264 g/mol. The zero-order valence-corrected chi connectivity index (χ0v) is 12.4. The van der Waals surface area contributed by atoms with Crippen molar-refractivity contribution in [3.63, 3.8) is 0 Å². The van der Waals surface area contributed by atoms with Gasteiger partial charge in [0.05, 0.1) is 18.6 Å². The van der Waals surface area contributed by atoms with Crippen molar-refractivity contribution in [3.8, 4) is 0 Å². The Bertz CT molecular complexity index is 417. The van der Waals surface area contributed by atoms with Gasteiger partial charge >= 0.3 is 5.97 Å². The van der Waals surface area contributed by atoms with Gasteiger partial charge in [-0.05, 0) is 32.3 Å². The summed E-state index contributed by atoms with van der Waals surface area (Å²) in [6.45, 7) is 9.93. The Morgan fingerprint density at radius 3 is 2.16 bits per heavy atom. The molecule has 1 rings (SSSR count). The maximum Gasteiger partial charge on any atom is 0.312 e. The van der Waals surface area contributed by atoms with Gasteiger partial charge in [-0.3, -0.25) is 4.79 Å². The second-order valence-corrected chi connectivity index (χ2v) is 5.39. The van der Waals surface area contributed by atoms with Gasteiger partial charge in [0.1, 0.15) is 0 Å². The van der Waals surface area contributed by atoms with Crippen LogP contribution in [0.15, 0.2) is 18.2 Å². The van der Waals surface area contributed by atoms with Crippen LogP contribution in [0.3, 0.4) is 0 Å². The molecule has 1 aromatic rings. The zero-order chi connectivity index (χ0) is 14.6. The predicted octanol–water partition coefficient (Wildman–Crippen LogP) is 3.17. The molecule has 0 saturated carbocycles. The SMILES string of the molecule is CCOC(=O)C(C(C)C)C(O)c1cc(C)cc(C)c1. The summed E-state index contributed by atoms with van der Waals surface area (Å²) in [5.41, 5.74) is 2.95. The Morgan fingerprint density at radius 2 is 1.74 bits per heavy atom. The van der Waals surface area contributed by atoms with E-state index in [0.717, 1.165) is 16.7 Å². The first-order chi connectivity index (χ1) is 8.86. The molecule has 0 saturated heterocycles. The van der Waals surface area contributed by atoms with Crippen LogP contribution in [-0.2, 0) is 9.53 Å². The van der Waals surface area contributed by atoms with E-state index in [1.165, 1.54) is 0 Å². The van der Waals surface area contributed by atoms with Crippen molar-refractivity contribution >= 4 is 5.97 Å². The summed E-state index contributed by atoms with van der Waals surface area (Å²) >= 11 is 0. The van der Waals surface area contributed by atoms with Gasteiger partial charge in [-0.1, -0.05) is 43.2 Å². The van der Waals surface area contributed by atoms with Crippen LogP contribution in [0.2, 0.25) is 0 Å². The van der Waals surface area contributed by atoms with Gasteiger partial charge in [0, 0.05) is 0 Å². The van der Waals surface area contributed by atoms with Gasteiger partial charge in [-0.15, -0.1) is 0 Å². The van der Waals surface area contributed by atoms with E-state index in [1.807, 2.05) is 45.9 Å². The number of aliphatic hydroxyl groups excluding tert-OH is 1. The molecular formula is C16H24O3. The number of benzene rings is 1. The molecule has 0 radical (unpaired) electrons. The molecule has 3 heteroatoms. The van der Waals surface area contributed by atoms with Crippen molar-refractivity contribution in [1.82, 2.24) is 0 Å². The lowest BCUT2D eigenvalue weighted by molar-refractivity contribution is -0.154. The van der Waals surface area contributed by atoms with Gasteiger partial charge < -0.3 is 9.84 Å². The van der Waals surface area contributed by atoms with Crippen LogP contribution in [0, 0.1) is 25.7 Å². The van der Waals surface area contributed by atoms with E-state index in [4.69, 9.17) is 4.74 Å². The van der Waals surface area contributed by atoms with E-state index in [1.54, 1.807) is 6.92 Å². The Kier molecular flexibility index (Phi) is 5.55. The number of esters is 1. The molecule has 0 aliphatic rings. The van der Waals surface area contributed by atoms with E-state index in [9.17, 15) is 9.90 Å². The first-order valence-corrected chi connectivity index (χ1v) is 6.79. The first-order valence-electron chi connectivity index (χ1n) is 6.79. The highest BCUT2D eigenvalue weighted by Crippen LogP contribution is 2.30. The summed E-state index contributed by atoms with van der Waals surface area (Å²) in [5, 5.41) is 10.5. The van der Waals surface area contributed by atoms with Crippen LogP contribution in [-0.4, -0.2) is 17.7 Å². The molecular weight excluding hydrogens is 240 g/mol. The molecule has 0 aliphatic carbocycles. The van der Waals surface area contributed by atoms with Crippen molar-refractivity contribution in [2.75, 3.05) is 6.61 Å². The smallest absolute Gasteiger partial charge is 0.312 e. The molecule has 2 atom stereocenters. The number of carbonyl (C=O) groups excluding carboxylic acids is 1. The third-order valence-electron chi connectivity index (χ3n) is 3.20. The number of carbonyl (C=O) groups is 1. The molecule has 0 spiro atoms. The summed E-state index contributed by atoms with van der Waals surface area (Å²) < 4.78 is 5.07. The summed E-state index contributed by atoms with van der Waals surface area (Å²) in [7, 11) is 0. The topological polar surface area (TPSA) is 46.5 Å². The fraction of sp³-hybridized carbons (Fsp3) is 0.562. The van der Waals surface area contributed by atoms with Crippen LogP contribution in [0.5, 0.6) is 0 Å². The molecule has 0 aliphatic heterocycles. The minimum atomic E-state index is -0.822. The highest BCUT2D eigenvalue weighted by Gasteiger charge is 2.32. The van der Waals surface area contributed by atoms with Crippen LogP contribution in [0.25, 0.3) is 0 Å². The van der Waals surface area contributed by atoms with Gasteiger partial charge in [0.25, 0.3) is 0 Å². The van der Waals surface area contributed by atoms with Crippen molar-refractivity contribution in [1.29, 1.82) is 0 Å². The maximum atomic E-state index is 12.0. The number of rotatable bonds is 5. The van der Waals surface area contributed by atoms with E-state index >= 15 is 0 Å². The predicted molar refractivity (Wildman–Crippen MR) is 75.8 cm³/mol. The van der Waals surface area contributed by atoms with Gasteiger partial charge in [-0.25, -0.2) is 0 Å².